The molecule has 0 spiro atoms. The van der Waals surface area contributed by atoms with Crippen LogP contribution in [0.25, 0.3) is 0 Å². The molecule has 8 nitrogen and oxygen atoms in total. The summed E-state index contributed by atoms with van der Waals surface area (Å²) in [7, 11) is -4.09. The molecule has 2 aromatic rings. The quantitative estimate of drug-likeness (QED) is 0.617. The normalized spacial score (nSPS) is 19.8. The molecule has 2 N–H and O–H groups in total. The molecule has 0 bridgehead atoms. The lowest BCUT2D eigenvalue weighted by molar-refractivity contribution is -0.156. The summed E-state index contributed by atoms with van der Waals surface area (Å²) in [6.07, 6.45) is -2.48. The van der Waals surface area contributed by atoms with Gasteiger partial charge in [-0.2, -0.15) is 4.31 Å². The molecule has 0 aliphatic carbocycles. The highest BCUT2D eigenvalue weighted by Crippen LogP contribution is 2.28. The fraction of sp³-hybridized carbons (Fsp3) is 0.391. The molecule has 1 aliphatic rings. The Labute approximate surface area is 192 Å². The minimum absolute atomic E-state index is 0.00434. The van der Waals surface area contributed by atoms with Crippen molar-refractivity contribution in [3.05, 3.63) is 58.9 Å². The van der Waals surface area contributed by atoms with E-state index in [-0.39, 0.29) is 23.5 Å². The molecule has 1 aliphatic heterocycles. The number of sulfonamides is 1. The Hall–Kier alpha value is -2.82. The van der Waals surface area contributed by atoms with Crippen molar-refractivity contribution < 1.29 is 32.2 Å². The van der Waals surface area contributed by atoms with Gasteiger partial charge in [0.2, 0.25) is 10.0 Å². The van der Waals surface area contributed by atoms with E-state index in [2.05, 4.69) is 5.32 Å². The number of hydrogen-bond donors (Lipinski definition) is 2. The first-order valence-electron chi connectivity index (χ1n) is 10.4. The number of ether oxygens (including phenoxy) is 1. The summed E-state index contributed by atoms with van der Waals surface area (Å²) in [6.45, 7) is 6.27. The third kappa shape index (κ3) is 5.40. The lowest BCUT2D eigenvalue weighted by atomic mass is 10.1. The second-order valence-electron chi connectivity index (χ2n) is 8.26. The zero-order valence-electron chi connectivity index (χ0n) is 18.8. The Morgan fingerprint density at radius 3 is 2.42 bits per heavy atom. The van der Waals surface area contributed by atoms with E-state index in [0.29, 0.717) is 5.56 Å². The molecule has 3 rings (SSSR count). The first kappa shape index (κ1) is 24.8. The smallest absolute Gasteiger partial charge is 0.325 e. The van der Waals surface area contributed by atoms with Crippen LogP contribution in [0.1, 0.15) is 30.0 Å². The van der Waals surface area contributed by atoms with Crippen molar-refractivity contribution in [3.63, 3.8) is 0 Å². The predicted octanol–water partition coefficient (Wildman–Crippen LogP) is 2.45. The van der Waals surface area contributed by atoms with E-state index in [1.807, 2.05) is 6.92 Å². The van der Waals surface area contributed by atoms with E-state index < -0.39 is 46.0 Å². The third-order valence-corrected chi connectivity index (χ3v) is 7.56. The van der Waals surface area contributed by atoms with Crippen LogP contribution in [0.2, 0.25) is 0 Å². The van der Waals surface area contributed by atoms with Gasteiger partial charge in [0.25, 0.3) is 5.91 Å². The highest BCUT2D eigenvalue weighted by atomic mass is 32.2. The van der Waals surface area contributed by atoms with Crippen LogP contribution in [0.4, 0.5) is 10.1 Å². The highest BCUT2D eigenvalue weighted by molar-refractivity contribution is 7.89. The van der Waals surface area contributed by atoms with Gasteiger partial charge in [-0.05, 0) is 68.7 Å². The number of anilines is 1. The first-order chi connectivity index (χ1) is 15.4. The van der Waals surface area contributed by atoms with E-state index in [1.54, 1.807) is 19.9 Å². The van der Waals surface area contributed by atoms with E-state index in [4.69, 9.17) is 4.74 Å². The van der Waals surface area contributed by atoms with Crippen molar-refractivity contribution in [2.45, 2.75) is 57.3 Å². The number of carbonyl (C=O) groups is 2. The number of amides is 1. The number of esters is 1. The van der Waals surface area contributed by atoms with Gasteiger partial charge in [-0.25, -0.2) is 12.8 Å². The number of aliphatic hydroxyl groups excluding tert-OH is 1. The number of nitrogens with one attached hydrogen (secondary N) is 1. The maximum absolute atomic E-state index is 13.7. The lowest BCUT2D eigenvalue weighted by Gasteiger charge is -2.24. The zero-order chi connectivity index (χ0) is 24.5. The molecule has 1 fully saturated rings. The summed E-state index contributed by atoms with van der Waals surface area (Å²) < 4.78 is 46.2. The SMILES string of the molecule is Cc1ccc(S(=O)(=O)N2CC(O)C[C@H]2C(=O)OC(C)C(=O)Nc2ccc(C)c(F)c2)cc1C. The average molecular weight is 479 g/mol. The Kier molecular flexibility index (Phi) is 7.20. The molecule has 1 saturated heterocycles. The number of halogens is 1. The molecule has 33 heavy (non-hydrogen) atoms. The summed E-state index contributed by atoms with van der Waals surface area (Å²) in [4.78, 5) is 25.2. The number of aryl methyl sites for hydroxylation is 3. The number of rotatable bonds is 6. The second-order valence-corrected chi connectivity index (χ2v) is 10.1. The molecule has 0 saturated carbocycles. The predicted molar refractivity (Wildman–Crippen MR) is 120 cm³/mol. The van der Waals surface area contributed by atoms with Gasteiger partial charge >= 0.3 is 5.97 Å². The van der Waals surface area contributed by atoms with Gasteiger partial charge in [0, 0.05) is 18.7 Å². The van der Waals surface area contributed by atoms with Gasteiger partial charge in [0.05, 0.1) is 11.0 Å². The second kappa shape index (κ2) is 9.58. The molecule has 2 aromatic carbocycles. The third-order valence-electron chi connectivity index (χ3n) is 5.69. The number of benzene rings is 2. The number of carbonyl (C=O) groups excluding carboxylic acids is 2. The van der Waals surface area contributed by atoms with Gasteiger partial charge in [0.15, 0.2) is 6.10 Å². The molecular formula is C23H27FN2O6S. The average Bonchev–Trinajstić information content (AvgIpc) is 3.15. The van der Waals surface area contributed by atoms with E-state index >= 15 is 0 Å². The van der Waals surface area contributed by atoms with Crippen LogP contribution in [0.5, 0.6) is 0 Å². The Bertz CT molecular complexity index is 1180. The van der Waals surface area contributed by atoms with Crippen molar-refractivity contribution in [1.82, 2.24) is 4.31 Å². The molecular weight excluding hydrogens is 451 g/mol. The summed E-state index contributed by atoms with van der Waals surface area (Å²) in [6, 6.07) is 7.50. The number of nitrogens with zero attached hydrogens (tertiary/aromatic N) is 1. The molecule has 0 aromatic heterocycles. The van der Waals surface area contributed by atoms with Crippen LogP contribution >= 0.6 is 0 Å². The fourth-order valence-electron chi connectivity index (χ4n) is 3.49. The van der Waals surface area contributed by atoms with E-state index in [9.17, 15) is 27.5 Å². The minimum atomic E-state index is -4.09. The van der Waals surface area contributed by atoms with Gasteiger partial charge in [-0.1, -0.05) is 12.1 Å². The van der Waals surface area contributed by atoms with Crippen LogP contribution < -0.4 is 5.32 Å². The van der Waals surface area contributed by atoms with Crippen molar-refractivity contribution in [3.8, 4) is 0 Å². The van der Waals surface area contributed by atoms with Crippen molar-refractivity contribution in [2.75, 3.05) is 11.9 Å². The summed E-state index contributed by atoms with van der Waals surface area (Å²) in [5, 5.41) is 12.5. The number of β-amino-alcohol motifs (C(OH)–C–C–N with tert-alkyl or cyclic N) is 1. The molecule has 3 atom stereocenters. The van der Waals surface area contributed by atoms with Crippen molar-refractivity contribution >= 4 is 27.6 Å². The molecule has 1 amide bonds. The minimum Gasteiger partial charge on any atom is -0.451 e. The molecule has 2 unspecified atom stereocenters. The van der Waals surface area contributed by atoms with Gasteiger partial charge in [0.1, 0.15) is 11.9 Å². The monoisotopic (exact) mass is 478 g/mol. The van der Waals surface area contributed by atoms with Gasteiger partial charge in [-0.15, -0.1) is 0 Å². The summed E-state index contributed by atoms with van der Waals surface area (Å²) in [5.41, 5.74) is 2.30. The van der Waals surface area contributed by atoms with E-state index in [1.165, 1.54) is 31.2 Å². The summed E-state index contributed by atoms with van der Waals surface area (Å²) >= 11 is 0. The van der Waals surface area contributed by atoms with Crippen LogP contribution in [-0.4, -0.2) is 54.5 Å². The number of hydrogen-bond acceptors (Lipinski definition) is 6. The topological polar surface area (TPSA) is 113 Å². The highest BCUT2D eigenvalue weighted by Gasteiger charge is 2.45. The van der Waals surface area contributed by atoms with Crippen molar-refractivity contribution in [2.24, 2.45) is 0 Å². The molecule has 1 heterocycles. The Balaban J connectivity index is 1.73. The van der Waals surface area contributed by atoms with Crippen LogP contribution in [-0.2, 0) is 24.3 Å². The Morgan fingerprint density at radius 2 is 1.79 bits per heavy atom. The van der Waals surface area contributed by atoms with Crippen LogP contribution in [0, 0.1) is 26.6 Å². The standard InChI is InChI=1S/C23H27FN2O6S/c1-13-6-8-19(9-15(13)3)33(30,31)26-12-18(27)11-21(26)23(29)32-16(4)22(28)25-17-7-5-14(2)20(24)10-17/h5-10,16,18,21,27H,11-12H2,1-4H3,(H,25,28)/t16?,18?,21-/m0/s1. The van der Waals surface area contributed by atoms with E-state index in [0.717, 1.165) is 21.5 Å². The Morgan fingerprint density at radius 1 is 1.12 bits per heavy atom. The number of aliphatic hydroxyl groups is 1. The first-order valence-corrected chi connectivity index (χ1v) is 11.9. The molecule has 10 heteroatoms. The zero-order valence-corrected chi connectivity index (χ0v) is 19.6. The summed E-state index contributed by atoms with van der Waals surface area (Å²) in [5.74, 6) is -2.14. The van der Waals surface area contributed by atoms with Crippen molar-refractivity contribution in [1.29, 1.82) is 0 Å². The lowest BCUT2D eigenvalue weighted by Crippen LogP contribution is -2.43. The van der Waals surface area contributed by atoms with Gasteiger partial charge < -0.3 is 15.2 Å². The fourth-order valence-corrected chi connectivity index (χ4v) is 5.21. The van der Waals surface area contributed by atoms with Gasteiger partial charge in [-0.3, -0.25) is 9.59 Å². The maximum atomic E-state index is 13.7. The molecule has 0 radical (unpaired) electrons. The van der Waals surface area contributed by atoms with Crippen LogP contribution in [0.3, 0.4) is 0 Å². The molecule has 178 valence electrons. The largest absolute Gasteiger partial charge is 0.451 e. The maximum Gasteiger partial charge on any atom is 0.325 e. The van der Waals surface area contributed by atoms with Crippen LogP contribution in [0.15, 0.2) is 41.3 Å².